The molecule has 1 aromatic rings. The number of rotatable bonds is 5. The number of nitrogens with zero attached hydrogens (tertiary/aromatic N) is 1. The molecule has 1 rings (SSSR count). The van der Waals surface area contributed by atoms with Gasteiger partial charge in [0.15, 0.2) is 0 Å². The van der Waals surface area contributed by atoms with Crippen LogP contribution < -0.4 is 0 Å². The Kier molecular flexibility index (Phi) is 5.16. The second-order valence-electron chi connectivity index (χ2n) is 4.77. The number of benzene rings is 1. The van der Waals surface area contributed by atoms with Crippen LogP contribution in [0.25, 0.3) is 0 Å². The molecule has 0 amide bonds. The number of likely N-dealkylation sites (N-methyl/N-ethyl adjacent to an activating group) is 1. The fourth-order valence-corrected chi connectivity index (χ4v) is 1.78. The van der Waals surface area contributed by atoms with E-state index in [0.29, 0.717) is 6.54 Å². The minimum atomic E-state index is 0.0870. The lowest BCUT2D eigenvalue weighted by molar-refractivity contribution is -0.123. The summed E-state index contributed by atoms with van der Waals surface area (Å²) in [6.45, 7) is 6.42. The fourth-order valence-electron chi connectivity index (χ4n) is 1.59. The second-order valence-corrected chi connectivity index (χ2v) is 5.20. The topological polar surface area (TPSA) is 20.3 Å². The molecule has 17 heavy (non-hydrogen) atoms. The maximum atomic E-state index is 11.7. The molecule has 94 valence electrons. The molecule has 1 unspecified atom stereocenters. The zero-order chi connectivity index (χ0) is 13.0. The number of hydrogen-bond donors (Lipinski definition) is 0. The summed E-state index contributed by atoms with van der Waals surface area (Å²) in [5.74, 6) is 0.352. The van der Waals surface area contributed by atoms with E-state index >= 15 is 0 Å². The average molecular weight is 254 g/mol. The summed E-state index contributed by atoms with van der Waals surface area (Å²) >= 11 is 5.96. The van der Waals surface area contributed by atoms with Gasteiger partial charge in [0, 0.05) is 17.0 Å². The Morgan fingerprint density at radius 3 is 2.53 bits per heavy atom. The first-order valence-corrected chi connectivity index (χ1v) is 6.28. The molecule has 0 N–H and O–H groups in total. The molecule has 3 heteroatoms. The zero-order valence-electron chi connectivity index (χ0n) is 10.9. The molecule has 0 aliphatic heterocycles. The van der Waals surface area contributed by atoms with Gasteiger partial charge < -0.3 is 0 Å². The van der Waals surface area contributed by atoms with Crippen LogP contribution in [0.1, 0.15) is 32.4 Å². The summed E-state index contributed by atoms with van der Waals surface area (Å²) in [6.07, 6.45) is 0. The maximum absolute atomic E-state index is 11.7. The molecule has 0 heterocycles. The highest BCUT2D eigenvalue weighted by Gasteiger charge is 2.16. The SMILES string of the molecule is CC(C)C(=O)CN(C)C(C)c1cccc(Cl)c1. The van der Waals surface area contributed by atoms with E-state index in [2.05, 4.69) is 6.92 Å². The molecule has 1 atom stereocenters. The predicted octanol–water partition coefficient (Wildman–Crippen LogP) is 3.56. The van der Waals surface area contributed by atoms with Gasteiger partial charge in [0.25, 0.3) is 0 Å². The Morgan fingerprint density at radius 1 is 1.35 bits per heavy atom. The minimum Gasteiger partial charge on any atom is -0.298 e. The van der Waals surface area contributed by atoms with Crippen molar-refractivity contribution >= 4 is 17.4 Å². The summed E-state index contributed by atoms with van der Waals surface area (Å²) in [6, 6.07) is 7.97. The van der Waals surface area contributed by atoms with E-state index in [9.17, 15) is 4.79 Å². The van der Waals surface area contributed by atoms with E-state index in [4.69, 9.17) is 11.6 Å². The Balaban J connectivity index is 2.70. The molecule has 0 aromatic heterocycles. The number of ketones is 1. The lowest BCUT2D eigenvalue weighted by Crippen LogP contribution is -2.30. The first-order valence-electron chi connectivity index (χ1n) is 5.90. The molecule has 0 aliphatic carbocycles. The molecule has 0 bridgehead atoms. The third kappa shape index (κ3) is 4.14. The van der Waals surface area contributed by atoms with Crippen LogP contribution >= 0.6 is 11.6 Å². The van der Waals surface area contributed by atoms with Gasteiger partial charge in [-0.25, -0.2) is 0 Å². The quantitative estimate of drug-likeness (QED) is 0.800. The van der Waals surface area contributed by atoms with Gasteiger partial charge in [0.2, 0.25) is 0 Å². The van der Waals surface area contributed by atoms with Gasteiger partial charge in [-0.3, -0.25) is 9.69 Å². The van der Waals surface area contributed by atoms with E-state index in [1.165, 1.54) is 0 Å². The van der Waals surface area contributed by atoms with Crippen molar-refractivity contribution in [1.82, 2.24) is 4.90 Å². The van der Waals surface area contributed by atoms with Crippen LogP contribution in [0.3, 0.4) is 0 Å². The van der Waals surface area contributed by atoms with Crippen LogP contribution in [-0.2, 0) is 4.79 Å². The molecule has 0 spiro atoms. The summed E-state index contributed by atoms with van der Waals surface area (Å²) < 4.78 is 0. The van der Waals surface area contributed by atoms with Gasteiger partial charge in [-0.05, 0) is 31.7 Å². The van der Waals surface area contributed by atoms with Gasteiger partial charge in [-0.2, -0.15) is 0 Å². The lowest BCUT2D eigenvalue weighted by Gasteiger charge is -2.25. The largest absolute Gasteiger partial charge is 0.298 e. The van der Waals surface area contributed by atoms with Crippen molar-refractivity contribution in [2.24, 2.45) is 5.92 Å². The summed E-state index contributed by atoms with van der Waals surface area (Å²) in [7, 11) is 1.96. The average Bonchev–Trinajstić information content (AvgIpc) is 2.27. The van der Waals surface area contributed by atoms with Crippen LogP contribution in [0, 0.1) is 5.92 Å². The van der Waals surface area contributed by atoms with Crippen LogP contribution in [0.15, 0.2) is 24.3 Å². The van der Waals surface area contributed by atoms with Crippen LogP contribution in [0.4, 0.5) is 0 Å². The van der Waals surface area contributed by atoms with Gasteiger partial charge in [-0.15, -0.1) is 0 Å². The van der Waals surface area contributed by atoms with Gasteiger partial charge in [0.05, 0.1) is 6.54 Å². The summed E-state index contributed by atoms with van der Waals surface area (Å²) in [4.78, 5) is 13.7. The third-order valence-electron chi connectivity index (χ3n) is 3.04. The third-order valence-corrected chi connectivity index (χ3v) is 3.28. The van der Waals surface area contributed by atoms with Crippen LogP contribution in [-0.4, -0.2) is 24.3 Å². The Bertz CT molecular complexity index is 390. The highest BCUT2D eigenvalue weighted by atomic mass is 35.5. The number of Topliss-reactive ketones (excluding diaryl/α,β-unsaturated/α-hetero) is 1. The smallest absolute Gasteiger partial charge is 0.149 e. The van der Waals surface area contributed by atoms with Crippen molar-refractivity contribution < 1.29 is 4.79 Å². The van der Waals surface area contributed by atoms with E-state index in [1.807, 2.05) is 50.1 Å². The molecule has 0 saturated carbocycles. The van der Waals surface area contributed by atoms with Crippen molar-refractivity contribution in [3.8, 4) is 0 Å². The highest BCUT2D eigenvalue weighted by molar-refractivity contribution is 6.30. The first-order chi connectivity index (χ1) is 7.91. The van der Waals surface area contributed by atoms with Crippen molar-refractivity contribution in [2.75, 3.05) is 13.6 Å². The Labute approximate surface area is 109 Å². The number of carbonyl (C=O) groups is 1. The molecule has 0 saturated heterocycles. The molecule has 0 aliphatic rings. The van der Waals surface area contributed by atoms with Crippen molar-refractivity contribution in [3.05, 3.63) is 34.9 Å². The predicted molar refractivity (Wildman–Crippen MR) is 72.3 cm³/mol. The van der Waals surface area contributed by atoms with Gasteiger partial charge in [0.1, 0.15) is 5.78 Å². The van der Waals surface area contributed by atoms with E-state index in [0.717, 1.165) is 10.6 Å². The van der Waals surface area contributed by atoms with E-state index < -0.39 is 0 Å². The maximum Gasteiger partial charge on any atom is 0.149 e. The van der Waals surface area contributed by atoms with Gasteiger partial charge >= 0.3 is 0 Å². The second kappa shape index (κ2) is 6.18. The number of hydrogen-bond acceptors (Lipinski definition) is 2. The van der Waals surface area contributed by atoms with Gasteiger partial charge in [-0.1, -0.05) is 37.6 Å². The molecular weight excluding hydrogens is 234 g/mol. The summed E-state index contributed by atoms with van der Waals surface area (Å²) in [5, 5.41) is 0.734. The number of carbonyl (C=O) groups excluding carboxylic acids is 1. The lowest BCUT2D eigenvalue weighted by atomic mass is 10.1. The molecular formula is C14H20ClNO. The van der Waals surface area contributed by atoms with Crippen molar-refractivity contribution in [1.29, 1.82) is 0 Å². The van der Waals surface area contributed by atoms with Crippen LogP contribution in [0.2, 0.25) is 5.02 Å². The molecule has 2 nitrogen and oxygen atoms in total. The highest BCUT2D eigenvalue weighted by Crippen LogP contribution is 2.21. The first kappa shape index (κ1) is 14.2. The Hall–Kier alpha value is -0.860. The fraction of sp³-hybridized carbons (Fsp3) is 0.500. The molecule has 0 radical (unpaired) electrons. The van der Waals surface area contributed by atoms with E-state index in [1.54, 1.807) is 0 Å². The Morgan fingerprint density at radius 2 is 2.00 bits per heavy atom. The monoisotopic (exact) mass is 253 g/mol. The van der Waals surface area contributed by atoms with Crippen molar-refractivity contribution in [2.45, 2.75) is 26.8 Å². The summed E-state index contributed by atoms with van der Waals surface area (Å²) in [5.41, 5.74) is 1.14. The minimum absolute atomic E-state index is 0.0870. The standard InChI is InChI=1S/C14H20ClNO/c1-10(2)14(17)9-16(4)11(3)12-6-5-7-13(15)8-12/h5-8,10-11H,9H2,1-4H3. The molecule has 1 aromatic carbocycles. The van der Waals surface area contributed by atoms with Crippen molar-refractivity contribution in [3.63, 3.8) is 0 Å². The number of halogens is 1. The molecule has 0 fully saturated rings. The zero-order valence-corrected chi connectivity index (χ0v) is 11.7. The van der Waals surface area contributed by atoms with Crippen LogP contribution in [0.5, 0.6) is 0 Å². The normalized spacial score (nSPS) is 13.1. The van der Waals surface area contributed by atoms with E-state index in [-0.39, 0.29) is 17.7 Å².